The Morgan fingerprint density at radius 2 is 2.00 bits per heavy atom. The molecule has 0 spiro atoms. The summed E-state index contributed by atoms with van der Waals surface area (Å²) < 4.78 is 0. The number of hydrogen-bond donors (Lipinski definition) is 1. The van der Waals surface area contributed by atoms with Crippen molar-refractivity contribution in [3.8, 4) is 0 Å². The van der Waals surface area contributed by atoms with E-state index in [1.165, 1.54) is 10.5 Å². The Labute approximate surface area is 125 Å². The largest absolute Gasteiger partial charge is 0.310 e. The Kier molecular flexibility index (Phi) is 6.02. The Bertz CT molecular complexity index is 516. The smallest absolute Gasteiger partial charge is 0.138 e. The van der Waals surface area contributed by atoms with Crippen molar-refractivity contribution in [3.05, 3.63) is 54.1 Å². The fourth-order valence-electron chi connectivity index (χ4n) is 1.90. The maximum Gasteiger partial charge on any atom is 0.138 e. The normalized spacial score (nSPS) is 12.3. The van der Waals surface area contributed by atoms with E-state index in [4.69, 9.17) is 0 Å². The van der Waals surface area contributed by atoms with Crippen molar-refractivity contribution in [1.29, 1.82) is 0 Å². The van der Waals surface area contributed by atoms with Gasteiger partial charge in [-0.05, 0) is 43.7 Å². The van der Waals surface area contributed by atoms with Crippen LogP contribution in [0.5, 0.6) is 0 Å². The van der Waals surface area contributed by atoms with Crippen LogP contribution in [0.25, 0.3) is 0 Å². The summed E-state index contributed by atoms with van der Waals surface area (Å²) in [4.78, 5) is 9.76. The summed E-state index contributed by atoms with van der Waals surface area (Å²) in [6.45, 7) is 5.45. The van der Waals surface area contributed by atoms with E-state index in [2.05, 4.69) is 53.4 Å². The SMILES string of the molecule is CCCNC(C)c1cccc(SCc2ncccn2)c1. The standard InChI is InChI=1S/C16H21N3S/c1-3-8-17-13(2)14-6-4-7-15(11-14)20-12-16-18-9-5-10-19-16/h4-7,9-11,13,17H,3,8,12H2,1-2H3. The van der Waals surface area contributed by atoms with Crippen molar-refractivity contribution in [3.63, 3.8) is 0 Å². The van der Waals surface area contributed by atoms with E-state index in [-0.39, 0.29) is 0 Å². The monoisotopic (exact) mass is 287 g/mol. The predicted molar refractivity (Wildman–Crippen MR) is 84.7 cm³/mol. The van der Waals surface area contributed by atoms with E-state index in [1.807, 2.05) is 6.07 Å². The predicted octanol–water partition coefficient (Wildman–Crippen LogP) is 3.83. The quantitative estimate of drug-likeness (QED) is 0.785. The number of nitrogens with zero attached hydrogens (tertiary/aromatic N) is 2. The molecular formula is C16H21N3S. The summed E-state index contributed by atoms with van der Waals surface area (Å²) in [6, 6.07) is 10.9. The van der Waals surface area contributed by atoms with Crippen LogP contribution in [0.2, 0.25) is 0 Å². The second-order valence-electron chi connectivity index (χ2n) is 4.70. The van der Waals surface area contributed by atoms with Gasteiger partial charge < -0.3 is 5.32 Å². The van der Waals surface area contributed by atoms with Crippen molar-refractivity contribution in [2.45, 2.75) is 37.0 Å². The fraction of sp³-hybridized carbons (Fsp3) is 0.375. The Balaban J connectivity index is 1.95. The maximum atomic E-state index is 4.25. The van der Waals surface area contributed by atoms with Crippen LogP contribution >= 0.6 is 11.8 Å². The van der Waals surface area contributed by atoms with Gasteiger partial charge in [0.2, 0.25) is 0 Å². The highest BCUT2D eigenvalue weighted by Gasteiger charge is 2.05. The zero-order valence-electron chi connectivity index (χ0n) is 12.0. The van der Waals surface area contributed by atoms with Gasteiger partial charge in [-0.3, -0.25) is 0 Å². The molecule has 2 rings (SSSR count). The first-order valence-electron chi connectivity index (χ1n) is 7.01. The molecule has 4 heteroatoms. The molecule has 106 valence electrons. The summed E-state index contributed by atoms with van der Waals surface area (Å²) in [6.07, 6.45) is 4.73. The molecule has 0 aliphatic heterocycles. The van der Waals surface area contributed by atoms with E-state index >= 15 is 0 Å². The number of benzene rings is 1. The van der Waals surface area contributed by atoms with Crippen molar-refractivity contribution in [1.82, 2.24) is 15.3 Å². The van der Waals surface area contributed by atoms with Gasteiger partial charge in [0.05, 0.1) is 5.75 Å². The lowest BCUT2D eigenvalue weighted by molar-refractivity contribution is 0.570. The highest BCUT2D eigenvalue weighted by molar-refractivity contribution is 7.98. The molecule has 1 heterocycles. The maximum absolute atomic E-state index is 4.25. The molecule has 0 saturated heterocycles. The summed E-state index contributed by atoms with van der Waals surface area (Å²) in [5.74, 6) is 1.68. The summed E-state index contributed by atoms with van der Waals surface area (Å²) >= 11 is 1.78. The molecule has 1 N–H and O–H groups in total. The molecule has 1 atom stereocenters. The zero-order chi connectivity index (χ0) is 14.2. The molecule has 0 fully saturated rings. The number of hydrogen-bond acceptors (Lipinski definition) is 4. The highest BCUT2D eigenvalue weighted by Crippen LogP contribution is 2.24. The van der Waals surface area contributed by atoms with E-state index in [1.54, 1.807) is 24.2 Å². The van der Waals surface area contributed by atoms with Gasteiger partial charge in [0.15, 0.2) is 0 Å². The van der Waals surface area contributed by atoms with Crippen LogP contribution in [0.3, 0.4) is 0 Å². The van der Waals surface area contributed by atoms with Crippen LogP contribution in [-0.2, 0) is 5.75 Å². The first kappa shape index (κ1) is 15.0. The highest BCUT2D eigenvalue weighted by atomic mass is 32.2. The minimum absolute atomic E-state index is 0.392. The molecule has 0 amide bonds. The van der Waals surface area contributed by atoms with Gasteiger partial charge in [0.25, 0.3) is 0 Å². The Morgan fingerprint density at radius 3 is 2.75 bits per heavy atom. The Hall–Kier alpha value is -1.39. The molecule has 1 aromatic heterocycles. The summed E-state index contributed by atoms with van der Waals surface area (Å²) in [7, 11) is 0. The second kappa shape index (κ2) is 8.02. The first-order chi connectivity index (χ1) is 9.79. The van der Waals surface area contributed by atoms with Gasteiger partial charge in [-0.2, -0.15) is 0 Å². The van der Waals surface area contributed by atoms with Crippen LogP contribution in [0.15, 0.2) is 47.6 Å². The lowest BCUT2D eigenvalue weighted by Gasteiger charge is -2.14. The third kappa shape index (κ3) is 4.62. The van der Waals surface area contributed by atoms with Crippen LogP contribution in [0, 0.1) is 0 Å². The van der Waals surface area contributed by atoms with Gasteiger partial charge in [0, 0.05) is 23.3 Å². The minimum Gasteiger partial charge on any atom is -0.310 e. The Morgan fingerprint density at radius 1 is 1.20 bits per heavy atom. The number of rotatable bonds is 7. The van der Waals surface area contributed by atoms with Crippen LogP contribution in [0.4, 0.5) is 0 Å². The second-order valence-corrected chi connectivity index (χ2v) is 5.75. The van der Waals surface area contributed by atoms with Crippen molar-refractivity contribution in [2.24, 2.45) is 0 Å². The summed E-state index contributed by atoms with van der Waals surface area (Å²) in [5.41, 5.74) is 1.33. The minimum atomic E-state index is 0.392. The molecule has 1 aromatic carbocycles. The summed E-state index contributed by atoms with van der Waals surface area (Å²) in [5, 5.41) is 3.52. The first-order valence-corrected chi connectivity index (χ1v) is 8.00. The number of nitrogens with one attached hydrogen (secondary N) is 1. The van der Waals surface area contributed by atoms with E-state index in [9.17, 15) is 0 Å². The zero-order valence-corrected chi connectivity index (χ0v) is 12.9. The topological polar surface area (TPSA) is 37.8 Å². The number of aromatic nitrogens is 2. The molecular weight excluding hydrogens is 266 g/mol. The van der Waals surface area contributed by atoms with E-state index < -0.39 is 0 Å². The van der Waals surface area contributed by atoms with Crippen LogP contribution < -0.4 is 5.32 Å². The fourth-order valence-corrected chi connectivity index (χ4v) is 2.74. The van der Waals surface area contributed by atoms with E-state index in [0.717, 1.165) is 24.5 Å². The molecule has 0 saturated carbocycles. The third-order valence-electron chi connectivity index (χ3n) is 3.05. The van der Waals surface area contributed by atoms with Crippen molar-refractivity contribution >= 4 is 11.8 Å². The van der Waals surface area contributed by atoms with Gasteiger partial charge >= 0.3 is 0 Å². The van der Waals surface area contributed by atoms with Crippen molar-refractivity contribution in [2.75, 3.05) is 6.54 Å². The lowest BCUT2D eigenvalue weighted by atomic mass is 10.1. The molecule has 0 aliphatic rings. The lowest BCUT2D eigenvalue weighted by Crippen LogP contribution is -2.19. The van der Waals surface area contributed by atoms with Crippen molar-refractivity contribution < 1.29 is 0 Å². The van der Waals surface area contributed by atoms with Gasteiger partial charge in [-0.1, -0.05) is 19.1 Å². The average molecular weight is 287 g/mol. The molecule has 2 aromatic rings. The third-order valence-corrected chi connectivity index (χ3v) is 4.04. The molecule has 20 heavy (non-hydrogen) atoms. The van der Waals surface area contributed by atoms with Gasteiger partial charge in [-0.25, -0.2) is 9.97 Å². The van der Waals surface area contributed by atoms with E-state index in [0.29, 0.717) is 6.04 Å². The van der Waals surface area contributed by atoms with Crippen LogP contribution in [-0.4, -0.2) is 16.5 Å². The number of thioether (sulfide) groups is 1. The molecule has 3 nitrogen and oxygen atoms in total. The van der Waals surface area contributed by atoms with Gasteiger partial charge in [-0.15, -0.1) is 11.8 Å². The van der Waals surface area contributed by atoms with Gasteiger partial charge in [0.1, 0.15) is 5.82 Å². The average Bonchev–Trinajstić information content (AvgIpc) is 2.52. The molecule has 0 radical (unpaired) electrons. The molecule has 0 aliphatic carbocycles. The molecule has 0 bridgehead atoms. The van der Waals surface area contributed by atoms with Crippen LogP contribution in [0.1, 0.15) is 37.7 Å². The molecule has 1 unspecified atom stereocenters.